The molecular weight excluding hydrogens is 276 g/mol. The van der Waals surface area contributed by atoms with E-state index in [0.717, 1.165) is 10.9 Å². The zero-order valence-corrected chi connectivity index (χ0v) is 10.8. The van der Waals surface area contributed by atoms with E-state index in [2.05, 4.69) is 0 Å². The van der Waals surface area contributed by atoms with Gasteiger partial charge in [0.15, 0.2) is 0 Å². The Kier molecular flexibility index (Phi) is 3.53. The second kappa shape index (κ2) is 4.95. The number of carbonyl (C=O) groups is 1. The van der Waals surface area contributed by atoms with Gasteiger partial charge in [0.1, 0.15) is 0 Å². The summed E-state index contributed by atoms with van der Waals surface area (Å²) in [5.41, 5.74) is 0. The summed E-state index contributed by atoms with van der Waals surface area (Å²) in [7, 11) is -3.57. The Morgan fingerprint density at radius 2 is 2.11 bits per heavy atom. The number of hydrogen-bond acceptors (Lipinski definition) is 5. The Balaban J connectivity index is 2.12. The quantitative estimate of drug-likeness (QED) is 0.909. The second-order valence-corrected chi connectivity index (χ2v) is 6.64. The highest BCUT2D eigenvalue weighted by Gasteiger charge is 2.21. The summed E-state index contributed by atoms with van der Waals surface area (Å²) in [6.45, 7) is 0. The van der Waals surface area contributed by atoms with Gasteiger partial charge in [-0.05, 0) is 30.0 Å². The van der Waals surface area contributed by atoms with Gasteiger partial charge in [-0.15, -0.1) is 11.3 Å². The van der Waals surface area contributed by atoms with E-state index in [1.54, 1.807) is 0 Å². The Hall–Kier alpha value is -1.60. The number of aromatic carboxylic acids is 1. The van der Waals surface area contributed by atoms with E-state index in [1.807, 2.05) is 17.5 Å². The fourth-order valence-corrected chi connectivity index (χ4v) is 3.41. The molecule has 0 spiro atoms. The fourth-order valence-electron chi connectivity index (χ4n) is 1.39. The van der Waals surface area contributed by atoms with Gasteiger partial charge in [-0.3, -0.25) is 0 Å². The van der Waals surface area contributed by atoms with Crippen molar-refractivity contribution in [3.05, 3.63) is 40.3 Å². The first kappa shape index (κ1) is 12.8. The molecule has 0 aliphatic rings. The Bertz CT molecular complexity index is 637. The molecule has 0 atom stereocenters. The molecule has 0 radical (unpaired) electrons. The predicted octanol–water partition coefficient (Wildman–Crippen LogP) is 2.06. The first-order valence-electron chi connectivity index (χ1n) is 5.07. The van der Waals surface area contributed by atoms with Crippen molar-refractivity contribution in [2.24, 2.45) is 0 Å². The number of thiophene rings is 1. The number of furan rings is 1. The molecule has 0 fully saturated rings. The van der Waals surface area contributed by atoms with Crippen LogP contribution < -0.4 is 0 Å². The van der Waals surface area contributed by atoms with Gasteiger partial charge >= 0.3 is 5.97 Å². The number of carboxylic acids is 1. The summed E-state index contributed by atoms with van der Waals surface area (Å²) >= 11 is 1.48. The molecule has 0 amide bonds. The largest absolute Gasteiger partial charge is 0.475 e. The van der Waals surface area contributed by atoms with Crippen LogP contribution in [0.3, 0.4) is 0 Å². The van der Waals surface area contributed by atoms with Crippen LogP contribution in [0.4, 0.5) is 0 Å². The van der Waals surface area contributed by atoms with Crippen molar-refractivity contribution in [3.8, 4) is 0 Å². The Labute approximate surface area is 108 Å². The molecule has 0 saturated heterocycles. The molecule has 0 aliphatic heterocycles. The second-order valence-electron chi connectivity index (χ2n) is 3.57. The number of rotatable bonds is 5. The lowest BCUT2D eigenvalue weighted by atomic mass is 10.4. The number of aryl methyl sites for hydroxylation is 1. The summed E-state index contributed by atoms with van der Waals surface area (Å²) in [5.74, 6) is -1.75. The highest BCUT2D eigenvalue weighted by molar-refractivity contribution is 7.91. The maximum atomic E-state index is 11.9. The average molecular weight is 286 g/mol. The molecular formula is C11H10O5S2. The van der Waals surface area contributed by atoms with Gasteiger partial charge in [-0.2, -0.15) is 0 Å². The van der Waals surface area contributed by atoms with Crippen LogP contribution in [0, 0.1) is 0 Å². The van der Waals surface area contributed by atoms with Crippen molar-refractivity contribution >= 4 is 27.1 Å². The first-order chi connectivity index (χ1) is 8.49. The summed E-state index contributed by atoms with van der Waals surface area (Å²) in [5, 5.41) is 10.2. The topological polar surface area (TPSA) is 84.6 Å². The highest BCUT2D eigenvalue weighted by atomic mass is 32.2. The molecule has 0 aliphatic carbocycles. The SMILES string of the molecule is O=C(O)c1ccc(S(=O)(=O)CCc2cccs2)o1. The maximum Gasteiger partial charge on any atom is 0.371 e. The van der Waals surface area contributed by atoms with Gasteiger partial charge in [0, 0.05) is 4.88 Å². The molecule has 0 unspecified atom stereocenters. The van der Waals surface area contributed by atoms with E-state index in [1.165, 1.54) is 17.4 Å². The molecule has 0 bridgehead atoms. The standard InChI is InChI=1S/C11H10O5S2/c12-11(13)9-3-4-10(16-9)18(14,15)7-5-8-2-1-6-17-8/h1-4,6H,5,7H2,(H,12,13). The molecule has 2 heterocycles. The Morgan fingerprint density at radius 3 is 2.67 bits per heavy atom. The third-order valence-corrected chi connectivity index (χ3v) is 4.81. The van der Waals surface area contributed by atoms with Gasteiger partial charge in [0.05, 0.1) is 5.75 Å². The van der Waals surface area contributed by atoms with Gasteiger partial charge in [-0.1, -0.05) is 6.07 Å². The van der Waals surface area contributed by atoms with E-state index in [0.29, 0.717) is 6.42 Å². The van der Waals surface area contributed by atoms with Crippen molar-refractivity contribution in [1.29, 1.82) is 0 Å². The summed E-state index contributed by atoms with van der Waals surface area (Å²) in [6.07, 6.45) is 0.392. The van der Waals surface area contributed by atoms with Crippen molar-refractivity contribution in [2.45, 2.75) is 11.5 Å². The number of carboxylic acid groups (broad SMARTS) is 1. The van der Waals surface area contributed by atoms with Crippen LogP contribution in [0.25, 0.3) is 0 Å². The lowest BCUT2D eigenvalue weighted by Gasteiger charge is -1.99. The van der Waals surface area contributed by atoms with Crippen LogP contribution in [-0.4, -0.2) is 25.2 Å². The van der Waals surface area contributed by atoms with Crippen molar-refractivity contribution in [2.75, 3.05) is 5.75 Å². The maximum absolute atomic E-state index is 11.9. The number of hydrogen-bond donors (Lipinski definition) is 1. The van der Waals surface area contributed by atoms with Crippen LogP contribution in [0.15, 0.2) is 39.2 Å². The first-order valence-corrected chi connectivity index (χ1v) is 7.60. The molecule has 2 rings (SSSR count). The van der Waals surface area contributed by atoms with Gasteiger partial charge < -0.3 is 9.52 Å². The highest BCUT2D eigenvalue weighted by Crippen LogP contribution is 2.18. The molecule has 18 heavy (non-hydrogen) atoms. The predicted molar refractivity (Wildman–Crippen MR) is 65.7 cm³/mol. The van der Waals surface area contributed by atoms with Crippen LogP contribution in [0.5, 0.6) is 0 Å². The monoisotopic (exact) mass is 286 g/mol. The van der Waals surface area contributed by atoms with Gasteiger partial charge in [0.25, 0.3) is 0 Å². The minimum Gasteiger partial charge on any atom is -0.475 e. The molecule has 5 nitrogen and oxygen atoms in total. The van der Waals surface area contributed by atoms with E-state index < -0.39 is 15.8 Å². The van der Waals surface area contributed by atoms with E-state index in [-0.39, 0.29) is 16.6 Å². The summed E-state index contributed by atoms with van der Waals surface area (Å²) in [6, 6.07) is 6.01. The minimum atomic E-state index is -3.57. The van der Waals surface area contributed by atoms with E-state index in [4.69, 9.17) is 9.52 Å². The van der Waals surface area contributed by atoms with Crippen LogP contribution in [0.2, 0.25) is 0 Å². The fraction of sp³-hybridized carbons (Fsp3) is 0.182. The summed E-state index contributed by atoms with van der Waals surface area (Å²) < 4.78 is 28.6. The van der Waals surface area contributed by atoms with E-state index >= 15 is 0 Å². The zero-order chi connectivity index (χ0) is 13.2. The molecule has 0 saturated carbocycles. The summed E-state index contributed by atoms with van der Waals surface area (Å²) in [4.78, 5) is 11.6. The van der Waals surface area contributed by atoms with Crippen molar-refractivity contribution in [1.82, 2.24) is 0 Å². The zero-order valence-electron chi connectivity index (χ0n) is 9.20. The molecule has 2 aromatic heterocycles. The third-order valence-electron chi connectivity index (χ3n) is 2.30. The molecule has 0 aromatic carbocycles. The average Bonchev–Trinajstić information content (AvgIpc) is 2.98. The van der Waals surface area contributed by atoms with E-state index in [9.17, 15) is 13.2 Å². The molecule has 1 N–H and O–H groups in total. The number of sulfone groups is 1. The van der Waals surface area contributed by atoms with Crippen LogP contribution >= 0.6 is 11.3 Å². The van der Waals surface area contributed by atoms with Crippen molar-refractivity contribution in [3.63, 3.8) is 0 Å². The molecule has 96 valence electrons. The lowest BCUT2D eigenvalue weighted by Crippen LogP contribution is -2.07. The normalized spacial score (nSPS) is 11.6. The van der Waals surface area contributed by atoms with Crippen LogP contribution in [-0.2, 0) is 16.3 Å². The van der Waals surface area contributed by atoms with Crippen LogP contribution in [0.1, 0.15) is 15.4 Å². The third kappa shape index (κ3) is 2.80. The minimum absolute atomic E-state index is 0.0971. The molecule has 7 heteroatoms. The van der Waals surface area contributed by atoms with Gasteiger partial charge in [0.2, 0.25) is 20.7 Å². The smallest absolute Gasteiger partial charge is 0.371 e. The lowest BCUT2D eigenvalue weighted by molar-refractivity contribution is 0.0656. The van der Waals surface area contributed by atoms with Crippen molar-refractivity contribution < 1.29 is 22.7 Å². The Morgan fingerprint density at radius 1 is 1.33 bits per heavy atom. The molecule has 2 aromatic rings. The van der Waals surface area contributed by atoms with Gasteiger partial charge in [-0.25, -0.2) is 13.2 Å².